The molecule has 0 N–H and O–H groups in total. The van der Waals surface area contributed by atoms with Crippen molar-refractivity contribution in [3.8, 4) is 0 Å². The zero-order valence-electron chi connectivity index (χ0n) is 4.47. The van der Waals surface area contributed by atoms with E-state index in [-0.39, 0.29) is 27.3 Å². The van der Waals surface area contributed by atoms with E-state index in [0.29, 0.717) is 0 Å². The van der Waals surface area contributed by atoms with Crippen molar-refractivity contribution in [1.29, 1.82) is 0 Å². The Kier molecular flexibility index (Phi) is 4.85. The van der Waals surface area contributed by atoms with Gasteiger partial charge in [-0.2, -0.15) is 0 Å². The second-order valence-electron chi connectivity index (χ2n) is 1.30. The normalized spacial score (nSPS) is 7.62. The van der Waals surface area contributed by atoms with Crippen LogP contribution in [0.1, 0.15) is 0 Å². The molecule has 0 heterocycles. The first-order valence-electron chi connectivity index (χ1n) is 2.10. The van der Waals surface area contributed by atoms with Gasteiger partial charge in [0.05, 0.1) is 0 Å². The quantitative estimate of drug-likeness (QED) is 0.611. The topological polar surface area (TPSA) is 0 Å². The Bertz CT molecular complexity index is 138. The molecule has 0 atom stereocenters. The molecule has 0 unspecified atom stereocenters. The summed E-state index contributed by atoms with van der Waals surface area (Å²) in [5, 5.41) is 0. The molecule has 42 valence electrons. The van der Waals surface area contributed by atoms with E-state index < -0.39 is 0 Å². The maximum atomic E-state index is 3.31. The Labute approximate surface area is 77.6 Å². The summed E-state index contributed by atoms with van der Waals surface area (Å²) < 4.78 is 1.13. The van der Waals surface area contributed by atoms with Gasteiger partial charge in [0.2, 0.25) is 0 Å². The molecule has 2 heteroatoms. The van der Waals surface area contributed by atoms with E-state index in [9.17, 15) is 0 Å². The molecule has 0 saturated carbocycles. The molecule has 0 amide bonds. The van der Waals surface area contributed by atoms with Crippen LogP contribution >= 0.6 is 15.9 Å². The van der Waals surface area contributed by atoms with Crippen molar-refractivity contribution in [2.75, 3.05) is 0 Å². The minimum atomic E-state index is 0. The average Bonchev–Trinajstić information content (AvgIpc) is 1.69. The summed E-state index contributed by atoms with van der Waals surface area (Å²) in [5.74, 6) is 0. The minimum absolute atomic E-state index is 0. The van der Waals surface area contributed by atoms with Crippen LogP contribution in [-0.4, -0.2) is 27.3 Å². The maximum absolute atomic E-state index is 3.31. The Balaban J connectivity index is 0.000000490. The van der Waals surface area contributed by atoms with Gasteiger partial charge >= 0.3 is 27.3 Å². The van der Waals surface area contributed by atoms with E-state index in [0.717, 1.165) is 4.47 Å². The molecule has 0 aliphatic rings. The molecule has 0 saturated heterocycles. The number of hydrogen-bond acceptors (Lipinski definition) is 0. The zero-order chi connectivity index (χ0) is 5.11. The van der Waals surface area contributed by atoms with Gasteiger partial charge in [0.25, 0.3) is 0 Å². The molecule has 0 aromatic heterocycles. The SMILES string of the molecule is Brc1ccccc1.[PbH2]. The molecule has 8 heavy (non-hydrogen) atoms. The van der Waals surface area contributed by atoms with Crippen LogP contribution in [0.15, 0.2) is 34.8 Å². The molecule has 0 nitrogen and oxygen atoms in total. The molecule has 1 aromatic rings. The first kappa shape index (κ1) is 8.62. The molecule has 0 bridgehead atoms. The standard InChI is InChI=1S/C6H5Br.Pb.2H/c7-6-4-2-1-3-5-6;;;/h1-5H;;;. The fourth-order valence-electron chi connectivity index (χ4n) is 0.415. The van der Waals surface area contributed by atoms with Crippen LogP contribution in [0.3, 0.4) is 0 Å². The Morgan fingerprint density at radius 2 is 1.50 bits per heavy atom. The van der Waals surface area contributed by atoms with Gasteiger partial charge in [-0.1, -0.05) is 34.1 Å². The van der Waals surface area contributed by atoms with Crippen LogP contribution in [0, 0.1) is 0 Å². The Morgan fingerprint density at radius 3 is 1.75 bits per heavy atom. The Hall–Kier alpha value is 0.622. The third-order valence-electron chi connectivity index (χ3n) is 0.733. The summed E-state index contributed by atoms with van der Waals surface area (Å²) in [7, 11) is 0. The molecule has 0 fully saturated rings. The number of halogens is 1. The van der Waals surface area contributed by atoms with Crippen molar-refractivity contribution in [2.24, 2.45) is 0 Å². The molecule has 0 aliphatic heterocycles. The van der Waals surface area contributed by atoms with Crippen molar-refractivity contribution >= 4 is 43.2 Å². The predicted octanol–water partition coefficient (Wildman–Crippen LogP) is 1.53. The van der Waals surface area contributed by atoms with Gasteiger partial charge in [0.1, 0.15) is 0 Å². The molecule has 1 aromatic carbocycles. The predicted molar refractivity (Wildman–Crippen MR) is 42.7 cm³/mol. The molecule has 1 rings (SSSR count). The van der Waals surface area contributed by atoms with Gasteiger partial charge in [-0.25, -0.2) is 0 Å². The van der Waals surface area contributed by atoms with Crippen LogP contribution in [0.5, 0.6) is 0 Å². The second-order valence-corrected chi connectivity index (χ2v) is 2.21. The van der Waals surface area contributed by atoms with Crippen LogP contribution in [-0.2, 0) is 0 Å². The van der Waals surface area contributed by atoms with E-state index in [4.69, 9.17) is 0 Å². The zero-order valence-corrected chi connectivity index (χ0v) is 11.6. The summed E-state index contributed by atoms with van der Waals surface area (Å²) in [6.45, 7) is 0. The summed E-state index contributed by atoms with van der Waals surface area (Å²) in [6, 6.07) is 9.97. The van der Waals surface area contributed by atoms with Crippen molar-refractivity contribution in [3.63, 3.8) is 0 Å². The third-order valence-corrected chi connectivity index (χ3v) is 1.26. The fraction of sp³-hybridized carbons (Fsp3) is 0. The van der Waals surface area contributed by atoms with E-state index in [2.05, 4.69) is 15.9 Å². The molecular formula is C6H7BrPb. The van der Waals surface area contributed by atoms with Gasteiger partial charge in [0, 0.05) is 4.47 Å². The van der Waals surface area contributed by atoms with Gasteiger partial charge in [-0.05, 0) is 12.1 Å². The monoisotopic (exact) mass is 366 g/mol. The molecule has 0 aliphatic carbocycles. The molecule has 2 radical (unpaired) electrons. The summed E-state index contributed by atoms with van der Waals surface area (Å²) in [4.78, 5) is 0. The summed E-state index contributed by atoms with van der Waals surface area (Å²) in [6.07, 6.45) is 0. The van der Waals surface area contributed by atoms with Crippen molar-refractivity contribution in [2.45, 2.75) is 0 Å². The van der Waals surface area contributed by atoms with E-state index in [1.807, 2.05) is 30.3 Å². The van der Waals surface area contributed by atoms with E-state index in [1.165, 1.54) is 0 Å². The molecule has 0 spiro atoms. The second kappa shape index (κ2) is 4.50. The van der Waals surface area contributed by atoms with Crippen LogP contribution < -0.4 is 0 Å². The van der Waals surface area contributed by atoms with Crippen LogP contribution in [0.25, 0.3) is 0 Å². The number of hydrogen-bond donors (Lipinski definition) is 0. The summed E-state index contributed by atoms with van der Waals surface area (Å²) >= 11 is 3.31. The first-order valence-corrected chi connectivity index (χ1v) is 2.89. The van der Waals surface area contributed by atoms with Crippen molar-refractivity contribution in [3.05, 3.63) is 34.8 Å². The number of rotatable bonds is 0. The van der Waals surface area contributed by atoms with Crippen molar-refractivity contribution < 1.29 is 0 Å². The number of benzene rings is 1. The third kappa shape index (κ3) is 2.82. The van der Waals surface area contributed by atoms with Gasteiger partial charge in [-0.15, -0.1) is 0 Å². The molecular weight excluding hydrogens is 359 g/mol. The first-order chi connectivity index (χ1) is 3.39. The van der Waals surface area contributed by atoms with Crippen molar-refractivity contribution in [1.82, 2.24) is 0 Å². The van der Waals surface area contributed by atoms with E-state index >= 15 is 0 Å². The van der Waals surface area contributed by atoms with Crippen LogP contribution in [0.2, 0.25) is 0 Å². The summed E-state index contributed by atoms with van der Waals surface area (Å²) in [5.41, 5.74) is 0. The Morgan fingerprint density at radius 1 is 1.00 bits per heavy atom. The average molecular weight is 366 g/mol. The van der Waals surface area contributed by atoms with Gasteiger partial charge in [-0.3, -0.25) is 0 Å². The van der Waals surface area contributed by atoms with Gasteiger partial charge < -0.3 is 0 Å². The van der Waals surface area contributed by atoms with Crippen LogP contribution in [0.4, 0.5) is 0 Å². The van der Waals surface area contributed by atoms with Gasteiger partial charge in [0.15, 0.2) is 0 Å². The van der Waals surface area contributed by atoms with E-state index in [1.54, 1.807) is 0 Å². The fourth-order valence-corrected chi connectivity index (χ4v) is 0.720.